The van der Waals surface area contributed by atoms with E-state index >= 15 is 0 Å². The summed E-state index contributed by atoms with van der Waals surface area (Å²) >= 11 is 6.11. The van der Waals surface area contributed by atoms with Gasteiger partial charge in [-0.05, 0) is 42.5 Å². The van der Waals surface area contributed by atoms with Crippen LogP contribution in [0.15, 0.2) is 71.1 Å². The number of hydrogen-bond acceptors (Lipinski definition) is 4. The molecule has 0 atom stereocenters. The van der Waals surface area contributed by atoms with Crippen LogP contribution in [0.3, 0.4) is 0 Å². The lowest BCUT2D eigenvalue weighted by Crippen LogP contribution is -2.13. The highest BCUT2D eigenvalue weighted by Gasteiger charge is 2.15. The zero-order valence-electron chi connectivity index (χ0n) is 14.4. The van der Waals surface area contributed by atoms with Gasteiger partial charge >= 0.3 is 0 Å². The molecule has 6 heteroatoms. The van der Waals surface area contributed by atoms with E-state index in [-0.39, 0.29) is 5.91 Å². The number of halogens is 1. The van der Waals surface area contributed by atoms with Crippen molar-refractivity contribution in [3.63, 3.8) is 0 Å². The molecule has 134 valence electrons. The fraction of sp³-hybridized carbons (Fsp3) is 0.0476. The molecular formula is C21H15ClN2O3. The largest absolute Gasteiger partial charge is 0.495 e. The molecule has 0 saturated carbocycles. The summed E-state index contributed by atoms with van der Waals surface area (Å²) in [5, 5.41) is 3.22. The molecule has 1 heterocycles. The lowest BCUT2D eigenvalue weighted by Gasteiger charge is -2.12. The highest BCUT2D eigenvalue weighted by Crippen LogP contribution is 2.32. The number of carbonyl (C=O) groups excluding carboxylic acids is 1. The number of amides is 1. The van der Waals surface area contributed by atoms with Crippen molar-refractivity contribution in [1.29, 1.82) is 0 Å². The van der Waals surface area contributed by atoms with Crippen LogP contribution in [-0.2, 0) is 0 Å². The number of methoxy groups -OCH3 is 1. The van der Waals surface area contributed by atoms with Gasteiger partial charge in [0, 0.05) is 5.56 Å². The van der Waals surface area contributed by atoms with Crippen molar-refractivity contribution in [1.82, 2.24) is 4.98 Å². The number of fused-ring (bicyclic) bond motifs is 1. The third-order valence-electron chi connectivity index (χ3n) is 4.11. The molecule has 1 N–H and O–H groups in total. The number of nitrogens with one attached hydrogen (secondary N) is 1. The predicted octanol–water partition coefficient (Wildman–Crippen LogP) is 5.41. The molecule has 0 saturated heterocycles. The maximum Gasteiger partial charge on any atom is 0.257 e. The number of carbonyl (C=O) groups is 1. The quantitative estimate of drug-likeness (QED) is 0.515. The lowest BCUT2D eigenvalue weighted by atomic mass is 10.1. The Morgan fingerprint density at radius 3 is 2.63 bits per heavy atom. The first kappa shape index (κ1) is 17.1. The molecule has 4 aromatic rings. The van der Waals surface area contributed by atoms with E-state index in [4.69, 9.17) is 20.8 Å². The number of benzene rings is 3. The van der Waals surface area contributed by atoms with Crippen LogP contribution in [0, 0.1) is 0 Å². The second-order valence-corrected chi connectivity index (χ2v) is 6.24. The van der Waals surface area contributed by atoms with Gasteiger partial charge < -0.3 is 14.5 Å². The van der Waals surface area contributed by atoms with Gasteiger partial charge in [0.25, 0.3) is 5.91 Å². The molecule has 4 rings (SSSR count). The molecular weight excluding hydrogens is 364 g/mol. The third-order valence-corrected chi connectivity index (χ3v) is 4.44. The van der Waals surface area contributed by atoms with E-state index in [1.807, 2.05) is 30.3 Å². The van der Waals surface area contributed by atoms with E-state index in [1.165, 1.54) is 0 Å². The molecule has 1 amide bonds. The third kappa shape index (κ3) is 3.37. The zero-order valence-corrected chi connectivity index (χ0v) is 15.2. The molecule has 0 aliphatic carbocycles. The summed E-state index contributed by atoms with van der Waals surface area (Å²) in [5.74, 6) is 0.663. The maximum atomic E-state index is 12.6. The Balaban J connectivity index is 1.70. The molecule has 5 nitrogen and oxygen atoms in total. The van der Waals surface area contributed by atoms with Crippen LogP contribution in [0.25, 0.3) is 22.6 Å². The number of rotatable bonds is 4. The van der Waals surface area contributed by atoms with Crippen LogP contribution in [-0.4, -0.2) is 18.0 Å². The van der Waals surface area contributed by atoms with Gasteiger partial charge in [0.05, 0.1) is 23.4 Å². The summed E-state index contributed by atoms with van der Waals surface area (Å²) in [4.78, 5) is 17.1. The Morgan fingerprint density at radius 1 is 1.07 bits per heavy atom. The lowest BCUT2D eigenvalue weighted by molar-refractivity contribution is 0.102. The Hall–Kier alpha value is -3.31. The molecule has 0 radical (unpaired) electrons. The van der Waals surface area contributed by atoms with Gasteiger partial charge in [-0.25, -0.2) is 4.98 Å². The monoisotopic (exact) mass is 378 g/mol. The Labute approximate surface area is 160 Å². The zero-order chi connectivity index (χ0) is 18.8. The minimum atomic E-state index is -0.325. The normalized spacial score (nSPS) is 10.7. The number of nitrogens with zero attached hydrogens (tertiary/aromatic N) is 1. The molecule has 1 aromatic heterocycles. The first-order chi connectivity index (χ1) is 13.2. The number of hydrogen-bond donors (Lipinski definition) is 1. The number of anilines is 1. The molecule has 0 fully saturated rings. The Bertz CT molecular complexity index is 1100. The summed E-state index contributed by atoms with van der Waals surface area (Å²) in [6.45, 7) is 0. The second kappa shape index (κ2) is 7.13. The number of para-hydroxylation sites is 2. The molecule has 0 aliphatic heterocycles. The summed E-state index contributed by atoms with van der Waals surface area (Å²) in [6, 6.07) is 19.7. The van der Waals surface area contributed by atoms with E-state index < -0.39 is 0 Å². The van der Waals surface area contributed by atoms with Gasteiger partial charge in [0.2, 0.25) is 5.89 Å². The first-order valence-electron chi connectivity index (χ1n) is 8.25. The van der Waals surface area contributed by atoms with Gasteiger partial charge in [-0.15, -0.1) is 0 Å². The fourth-order valence-corrected chi connectivity index (χ4v) is 2.99. The van der Waals surface area contributed by atoms with Crippen molar-refractivity contribution >= 4 is 34.3 Å². The standard InChI is InChI=1S/C21H15ClN2O3/c1-26-18-11-10-13(21-24-16-8-4-5-9-19(16)27-21)12-17(18)23-20(25)14-6-2-3-7-15(14)22/h2-12H,1H3,(H,23,25). The SMILES string of the molecule is COc1ccc(-c2nc3ccccc3o2)cc1NC(=O)c1ccccc1Cl. The van der Waals surface area contributed by atoms with Gasteiger partial charge in [0.1, 0.15) is 11.3 Å². The van der Waals surface area contributed by atoms with Crippen LogP contribution < -0.4 is 10.1 Å². The molecule has 3 aromatic carbocycles. The van der Waals surface area contributed by atoms with Crippen LogP contribution >= 0.6 is 11.6 Å². The predicted molar refractivity (Wildman–Crippen MR) is 105 cm³/mol. The fourth-order valence-electron chi connectivity index (χ4n) is 2.77. The average molecular weight is 379 g/mol. The minimum absolute atomic E-state index is 0.325. The van der Waals surface area contributed by atoms with Gasteiger partial charge in [-0.1, -0.05) is 35.9 Å². The topological polar surface area (TPSA) is 64.4 Å². The Kier molecular flexibility index (Phi) is 4.52. The van der Waals surface area contributed by atoms with Crippen LogP contribution in [0.5, 0.6) is 5.75 Å². The van der Waals surface area contributed by atoms with E-state index in [0.29, 0.717) is 33.5 Å². The smallest absolute Gasteiger partial charge is 0.257 e. The van der Waals surface area contributed by atoms with E-state index in [1.54, 1.807) is 43.5 Å². The van der Waals surface area contributed by atoms with Crippen molar-refractivity contribution in [3.8, 4) is 17.2 Å². The van der Waals surface area contributed by atoms with E-state index in [0.717, 1.165) is 11.1 Å². The summed E-state index contributed by atoms with van der Waals surface area (Å²) in [7, 11) is 1.54. The molecule has 0 bridgehead atoms. The highest BCUT2D eigenvalue weighted by molar-refractivity contribution is 6.34. The molecule has 0 unspecified atom stereocenters. The summed E-state index contributed by atoms with van der Waals surface area (Å²) in [5.41, 5.74) is 3.08. The first-order valence-corrected chi connectivity index (χ1v) is 8.63. The van der Waals surface area contributed by atoms with Crippen molar-refractivity contribution in [2.45, 2.75) is 0 Å². The van der Waals surface area contributed by atoms with Crippen molar-refractivity contribution in [3.05, 3.63) is 77.3 Å². The Morgan fingerprint density at radius 2 is 1.85 bits per heavy atom. The van der Waals surface area contributed by atoms with Crippen LogP contribution in [0.2, 0.25) is 5.02 Å². The van der Waals surface area contributed by atoms with Crippen molar-refractivity contribution in [2.24, 2.45) is 0 Å². The van der Waals surface area contributed by atoms with Crippen LogP contribution in [0.1, 0.15) is 10.4 Å². The number of aromatic nitrogens is 1. The highest BCUT2D eigenvalue weighted by atomic mass is 35.5. The van der Waals surface area contributed by atoms with Crippen molar-refractivity contribution in [2.75, 3.05) is 12.4 Å². The number of ether oxygens (including phenoxy) is 1. The van der Waals surface area contributed by atoms with Gasteiger partial charge in [-0.3, -0.25) is 4.79 Å². The molecule has 0 spiro atoms. The number of oxazole rings is 1. The molecule has 0 aliphatic rings. The summed E-state index contributed by atoms with van der Waals surface area (Å²) < 4.78 is 11.2. The maximum absolute atomic E-state index is 12.6. The van der Waals surface area contributed by atoms with E-state index in [9.17, 15) is 4.79 Å². The van der Waals surface area contributed by atoms with Crippen molar-refractivity contribution < 1.29 is 13.9 Å². The summed E-state index contributed by atoms with van der Waals surface area (Å²) in [6.07, 6.45) is 0. The van der Waals surface area contributed by atoms with E-state index in [2.05, 4.69) is 10.3 Å². The average Bonchev–Trinajstić information content (AvgIpc) is 3.12. The second-order valence-electron chi connectivity index (χ2n) is 5.84. The van der Waals surface area contributed by atoms with Gasteiger partial charge in [-0.2, -0.15) is 0 Å². The minimum Gasteiger partial charge on any atom is -0.495 e. The molecule has 27 heavy (non-hydrogen) atoms. The van der Waals surface area contributed by atoms with Crippen LogP contribution in [0.4, 0.5) is 5.69 Å². The van der Waals surface area contributed by atoms with Gasteiger partial charge in [0.15, 0.2) is 5.58 Å².